The number of Topliss-reactive ketones (excluding diaryl/α,β-unsaturated/α-hetero) is 1. The minimum absolute atomic E-state index is 0.0164. The second kappa shape index (κ2) is 5.05. The van der Waals surface area contributed by atoms with Gasteiger partial charge in [-0.2, -0.15) is 0 Å². The van der Waals surface area contributed by atoms with Crippen molar-refractivity contribution in [3.63, 3.8) is 0 Å². The summed E-state index contributed by atoms with van der Waals surface area (Å²) in [5.41, 5.74) is 0.560. The molecule has 1 saturated heterocycles. The largest absolute Gasteiger partial charge is 0.296 e. The van der Waals surface area contributed by atoms with E-state index in [1.807, 2.05) is 0 Å². The standard InChI is InChI=1S/C12H14N2O3/c15-12(9-13-7-1-2-8-13)10-3-5-11(6-4-10)14(16)17/h3-6H,1-2,7-9H2. The number of rotatable bonds is 4. The van der Waals surface area contributed by atoms with Gasteiger partial charge >= 0.3 is 0 Å². The van der Waals surface area contributed by atoms with E-state index < -0.39 is 4.92 Å². The highest BCUT2D eigenvalue weighted by Gasteiger charge is 2.16. The summed E-state index contributed by atoms with van der Waals surface area (Å²) in [6.07, 6.45) is 2.29. The zero-order valence-corrected chi connectivity index (χ0v) is 9.46. The van der Waals surface area contributed by atoms with Crippen LogP contribution in [0.1, 0.15) is 23.2 Å². The Morgan fingerprint density at radius 3 is 2.35 bits per heavy atom. The molecular formula is C12H14N2O3. The predicted octanol–water partition coefficient (Wildman–Crippen LogP) is 1.87. The average Bonchev–Trinajstić information content (AvgIpc) is 2.82. The topological polar surface area (TPSA) is 63.5 Å². The lowest BCUT2D eigenvalue weighted by atomic mass is 10.1. The highest BCUT2D eigenvalue weighted by Crippen LogP contribution is 2.14. The zero-order chi connectivity index (χ0) is 12.3. The van der Waals surface area contributed by atoms with Gasteiger partial charge < -0.3 is 0 Å². The van der Waals surface area contributed by atoms with Crippen LogP contribution in [0.15, 0.2) is 24.3 Å². The number of hydrogen-bond donors (Lipinski definition) is 0. The molecule has 2 rings (SSSR count). The number of nitrogens with zero attached hydrogens (tertiary/aromatic N) is 2. The Hall–Kier alpha value is -1.75. The van der Waals surface area contributed by atoms with E-state index in [-0.39, 0.29) is 11.5 Å². The lowest BCUT2D eigenvalue weighted by Crippen LogP contribution is -2.26. The van der Waals surface area contributed by atoms with Gasteiger partial charge in [-0.15, -0.1) is 0 Å². The fourth-order valence-electron chi connectivity index (χ4n) is 2.00. The Morgan fingerprint density at radius 2 is 1.82 bits per heavy atom. The summed E-state index contributed by atoms with van der Waals surface area (Å²) < 4.78 is 0. The molecule has 0 unspecified atom stereocenters. The van der Waals surface area contributed by atoms with Crippen LogP contribution in [-0.4, -0.2) is 35.2 Å². The molecule has 1 aromatic rings. The molecule has 0 radical (unpaired) electrons. The van der Waals surface area contributed by atoms with Crippen LogP contribution in [0.2, 0.25) is 0 Å². The van der Waals surface area contributed by atoms with Crippen LogP contribution in [0.4, 0.5) is 5.69 Å². The van der Waals surface area contributed by atoms with Crippen molar-refractivity contribution in [3.8, 4) is 0 Å². The van der Waals surface area contributed by atoms with E-state index in [0.717, 1.165) is 25.9 Å². The van der Waals surface area contributed by atoms with Crippen molar-refractivity contribution < 1.29 is 9.72 Å². The van der Waals surface area contributed by atoms with E-state index in [4.69, 9.17) is 0 Å². The van der Waals surface area contributed by atoms with Gasteiger partial charge in [-0.1, -0.05) is 0 Å². The molecule has 0 N–H and O–H groups in total. The Morgan fingerprint density at radius 1 is 1.24 bits per heavy atom. The molecule has 1 heterocycles. The second-order valence-corrected chi connectivity index (χ2v) is 4.21. The van der Waals surface area contributed by atoms with E-state index in [2.05, 4.69) is 4.90 Å². The molecule has 5 nitrogen and oxygen atoms in total. The summed E-state index contributed by atoms with van der Waals surface area (Å²) >= 11 is 0. The predicted molar refractivity (Wildman–Crippen MR) is 63.1 cm³/mol. The molecule has 0 aromatic heterocycles. The fraction of sp³-hybridized carbons (Fsp3) is 0.417. The van der Waals surface area contributed by atoms with Crippen molar-refractivity contribution in [2.24, 2.45) is 0 Å². The molecule has 0 amide bonds. The number of carbonyl (C=O) groups is 1. The summed E-state index contributed by atoms with van der Waals surface area (Å²) in [5, 5.41) is 10.5. The first-order valence-electron chi connectivity index (χ1n) is 5.67. The lowest BCUT2D eigenvalue weighted by Gasteiger charge is -2.12. The van der Waals surface area contributed by atoms with E-state index in [1.54, 1.807) is 0 Å². The Kier molecular flexibility index (Phi) is 3.49. The van der Waals surface area contributed by atoms with Crippen LogP contribution < -0.4 is 0 Å². The summed E-state index contributed by atoms with van der Waals surface area (Å²) in [7, 11) is 0. The molecule has 0 saturated carbocycles. The Balaban J connectivity index is 2.01. The van der Waals surface area contributed by atoms with Gasteiger partial charge in [-0.25, -0.2) is 0 Å². The van der Waals surface area contributed by atoms with Gasteiger partial charge in [0.25, 0.3) is 5.69 Å². The average molecular weight is 234 g/mol. The van der Waals surface area contributed by atoms with Gasteiger partial charge in [0.1, 0.15) is 0 Å². The van der Waals surface area contributed by atoms with E-state index >= 15 is 0 Å². The van der Waals surface area contributed by atoms with Gasteiger partial charge in [-0.3, -0.25) is 19.8 Å². The van der Waals surface area contributed by atoms with Gasteiger partial charge in [0.15, 0.2) is 5.78 Å². The minimum Gasteiger partial charge on any atom is -0.296 e. The summed E-state index contributed by atoms with van der Waals surface area (Å²) in [4.78, 5) is 24.0. The van der Waals surface area contributed by atoms with Crippen molar-refractivity contribution in [1.29, 1.82) is 0 Å². The van der Waals surface area contributed by atoms with Crippen molar-refractivity contribution >= 4 is 11.5 Å². The van der Waals surface area contributed by atoms with Gasteiger partial charge in [-0.05, 0) is 38.1 Å². The maximum Gasteiger partial charge on any atom is 0.269 e. The molecule has 1 aromatic carbocycles. The van der Waals surface area contributed by atoms with E-state index in [9.17, 15) is 14.9 Å². The molecule has 0 aliphatic carbocycles. The molecule has 5 heteroatoms. The summed E-state index contributed by atoms with van der Waals surface area (Å²) in [5.74, 6) is 0.0294. The first-order valence-corrected chi connectivity index (χ1v) is 5.67. The molecule has 1 aliphatic heterocycles. The Labute approximate surface area is 99.2 Å². The van der Waals surface area contributed by atoms with Gasteiger partial charge in [0.2, 0.25) is 0 Å². The number of likely N-dealkylation sites (tertiary alicyclic amines) is 1. The minimum atomic E-state index is -0.464. The normalized spacial score (nSPS) is 16.0. The second-order valence-electron chi connectivity index (χ2n) is 4.21. The molecule has 1 aliphatic rings. The van der Waals surface area contributed by atoms with Crippen LogP contribution in [0.5, 0.6) is 0 Å². The van der Waals surface area contributed by atoms with E-state index in [0.29, 0.717) is 12.1 Å². The number of nitro groups is 1. The Bertz CT molecular complexity index is 422. The molecular weight excluding hydrogens is 220 g/mol. The highest BCUT2D eigenvalue weighted by atomic mass is 16.6. The molecule has 90 valence electrons. The van der Waals surface area contributed by atoms with Crippen LogP contribution in [-0.2, 0) is 0 Å². The van der Waals surface area contributed by atoms with Gasteiger partial charge in [0, 0.05) is 17.7 Å². The zero-order valence-electron chi connectivity index (χ0n) is 9.46. The maximum absolute atomic E-state index is 11.9. The summed E-state index contributed by atoms with van der Waals surface area (Å²) in [6.45, 7) is 2.36. The number of carbonyl (C=O) groups excluding carboxylic acids is 1. The van der Waals surface area contributed by atoms with Crippen molar-refractivity contribution in [1.82, 2.24) is 4.90 Å². The monoisotopic (exact) mass is 234 g/mol. The number of non-ortho nitro benzene ring substituents is 1. The van der Waals surface area contributed by atoms with Crippen LogP contribution in [0.25, 0.3) is 0 Å². The number of ketones is 1. The maximum atomic E-state index is 11.9. The molecule has 0 atom stereocenters. The smallest absolute Gasteiger partial charge is 0.269 e. The molecule has 1 fully saturated rings. The molecule has 17 heavy (non-hydrogen) atoms. The van der Waals surface area contributed by atoms with E-state index in [1.165, 1.54) is 24.3 Å². The molecule has 0 bridgehead atoms. The van der Waals surface area contributed by atoms with Crippen LogP contribution in [0, 0.1) is 10.1 Å². The van der Waals surface area contributed by atoms with Crippen LogP contribution >= 0.6 is 0 Å². The molecule has 0 spiro atoms. The first kappa shape index (κ1) is 11.7. The number of hydrogen-bond acceptors (Lipinski definition) is 4. The van der Waals surface area contributed by atoms with Crippen LogP contribution in [0.3, 0.4) is 0 Å². The number of benzene rings is 1. The highest BCUT2D eigenvalue weighted by molar-refractivity contribution is 5.97. The fourth-order valence-corrected chi connectivity index (χ4v) is 2.00. The van der Waals surface area contributed by atoms with Crippen molar-refractivity contribution in [2.75, 3.05) is 19.6 Å². The third-order valence-electron chi connectivity index (χ3n) is 2.97. The first-order chi connectivity index (χ1) is 8.16. The quantitative estimate of drug-likeness (QED) is 0.453. The SMILES string of the molecule is O=C(CN1CCCC1)c1ccc([N+](=O)[O-])cc1. The van der Waals surface area contributed by atoms with Gasteiger partial charge in [0.05, 0.1) is 11.5 Å². The summed E-state index contributed by atoms with van der Waals surface area (Å²) in [6, 6.07) is 5.79. The van der Waals surface area contributed by atoms with Crippen molar-refractivity contribution in [2.45, 2.75) is 12.8 Å². The third-order valence-corrected chi connectivity index (χ3v) is 2.97. The lowest BCUT2D eigenvalue weighted by molar-refractivity contribution is -0.384. The van der Waals surface area contributed by atoms with Crippen molar-refractivity contribution in [3.05, 3.63) is 39.9 Å². The number of nitro benzene ring substituents is 1. The third kappa shape index (κ3) is 2.88.